The average Bonchev–Trinajstić information content (AvgIpc) is 3.08. The zero-order valence-electron chi connectivity index (χ0n) is 17.1. The summed E-state index contributed by atoms with van der Waals surface area (Å²) >= 11 is 0. The molecule has 0 aliphatic carbocycles. The van der Waals surface area contributed by atoms with E-state index in [9.17, 15) is 23.1 Å². The van der Waals surface area contributed by atoms with Crippen molar-refractivity contribution in [2.24, 2.45) is 0 Å². The summed E-state index contributed by atoms with van der Waals surface area (Å²) in [5, 5.41) is 17.4. The number of benzene rings is 1. The van der Waals surface area contributed by atoms with Crippen molar-refractivity contribution < 1.29 is 27.8 Å². The minimum atomic E-state index is -4.81. The summed E-state index contributed by atoms with van der Waals surface area (Å²) in [6.07, 6.45) is -1.82. The number of hydrogen-bond acceptors (Lipinski definition) is 5. The number of rotatable bonds is 6. The molecule has 0 unspecified atom stereocenters. The summed E-state index contributed by atoms with van der Waals surface area (Å²) in [6.45, 7) is 8.57. The van der Waals surface area contributed by atoms with Crippen LogP contribution in [0.25, 0.3) is 11.2 Å². The van der Waals surface area contributed by atoms with Crippen molar-refractivity contribution in [3.05, 3.63) is 66.1 Å². The van der Waals surface area contributed by atoms with Gasteiger partial charge in [-0.05, 0) is 50.1 Å². The normalized spacial score (nSPS) is 13.1. The first-order chi connectivity index (χ1) is 14.3. The molecular weight excluding hydrogens is 413 g/mol. The molecule has 1 aromatic carbocycles. The lowest BCUT2D eigenvalue weighted by atomic mass is 9.91. The number of amides is 1. The number of aromatic nitrogens is 3. The fourth-order valence-electron chi connectivity index (χ4n) is 3.01. The van der Waals surface area contributed by atoms with Gasteiger partial charge in [-0.25, -0.2) is 9.50 Å². The van der Waals surface area contributed by atoms with Crippen LogP contribution < -0.4 is 10.1 Å². The second-order valence-corrected chi connectivity index (χ2v) is 7.60. The van der Waals surface area contributed by atoms with Crippen LogP contribution in [0.2, 0.25) is 0 Å². The fourth-order valence-corrected chi connectivity index (χ4v) is 3.01. The second-order valence-electron chi connectivity index (χ2n) is 7.60. The average molecular weight is 434 g/mol. The van der Waals surface area contributed by atoms with Crippen molar-refractivity contribution in [1.29, 1.82) is 0 Å². The van der Waals surface area contributed by atoms with E-state index in [1.807, 2.05) is 0 Å². The number of carbonyl (C=O) groups is 1. The van der Waals surface area contributed by atoms with Gasteiger partial charge in [-0.1, -0.05) is 18.7 Å². The van der Waals surface area contributed by atoms with Crippen LogP contribution >= 0.6 is 0 Å². The summed E-state index contributed by atoms with van der Waals surface area (Å²) in [5.41, 5.74) is 0.756. The van der Waals surface area contributed by atoms with E-state index in [1.54, 1.807) is 19.2 Å². The molecule has 2 N–H and O–H groups in total. The largest absolute Gasteiger partial charge is 0.573 e. The van der Waals surface area contributed by atoms with Crippen LogP contribution in [0.4, 0.5) is 13.2 Å². The van der Waals surface area contributed by atoms with Crippen molar-refractivity contribution in [2.75, 3.05) is 0 Å². The molecule has 164 valence electrons. The SMILES string of the molecule is C=C(C)c1ccn2ncc(C(=O)N[C@@H](c3ccc(OC(F)(F)F)cc3)C(C)(C)O)c2n1. The Hall–Kier alpha value is -3.40. The predicted molar refractivity (Wildman–Crippen MR) is 107 cm³/mol. The first kappa shape index (κ1) is 22.3. The lowest BCUT2D eigenvalue weighted by molar-refractivity contribution is -0.274. The number of fused-ring (bicyclic) bond motifs is 1. The van der Waals surface area contributed by atoms with Crippen LogP contribution in [0.3, 0.4) is 0 Å². The van der Waals surface area contributed by atoms with Crippen LogP contribution in [0.1, 0.15) is 48.4 Å². The van der Waals surface area contributed by atoms with Gasteiger partial charge < -0.3 is 15.2 Å². The van der Waals surface area contributed by atoms with Crippen LogP contribution in [0, 0.1) is 0 Å². The fraction of sp³-hybridized carbons (Fsp3) is 0.286. The summed E-state index contributed by atoms with van der Waals surface area (Å²) in [6, 6.07) is 5.70. The van der Waals surface area contributed by atoms with E-state index in [-0.39, 0.29) is 5.56 Å². The Morgan fingerprint density at radius 3 is 2.42 bits per heavy atom. The molecule has 0 radical (unpaired) electrons. The van der Waals surface area contributed by atoms with E-state index in [0.717, 1.165) is 12.1 Å². The van der Waals surface area contributed by atoms with Crippen molar-refractivity contribution in [3.8, 4) is 5.75 Å². The molecule has 0 aliphatic rings. The zero-order valence-corrected chi connectivity index (χ0v) is 17.1. The molecule has 10 heteroatoms. The Kier molecular flexibility index (Phi) is 5.77. The minimum absolute atomic E-state index is 0.175. The molecule has 2 aromatic heterocycles. The molecule has 2 heterocycles. The first-order valence-corrected chi connectivity index (χ1v) is 9.24. The number of ether oxygens (including phenoxy) is 1. The second kappa shape index (κ2) is 8.03. The molecule has 31 heavy (non-hydrogen) atoms. The molecule has 7 nitrogen and oxygen atoms in total. The standard InChI is InChI=1S/C21H21F3N4O3/c1-12(2)16-9-10-28-18(26-16)15(11-25-28)19(29)27-17(20(3,4)30)13-5-7-14(8-6-13)31-21(22,23)24/h5-11,17,30H,1H2,2-4H3,(H,27,29)/t17-/m0/s1. The summed E-state index contributed by atoms with van der Waals surface area (Å²) in [7, 11) is 0. The van der Waals surface area contributed by atoms with Crippen molar-refractivity contribution >= 4 is 17.1 Å². The third-order valence-electron chi connectivity index (χ3n) is 4.48. The van der Waals surface area contributed by atoms with Gasteiger partial charge >= 0.3 is 6.36 Å². The number of nitrogens with zero attached hydrogens (tertiary/aromatic N) is 3. The van der Waals surface area contributed by atoms with E-state index in [1.165, 1.54) is 36.7 Å². The topological polar surface area (TPSA) is 88.8 Å². The van der Waals surface area contributed by atoms with Crippen LogP contribution in [0.15, 0.2) is 49.3 Å². The highest BCUT2D eigenvalue weighted by Crippen LogP contribution is 2.29. The highest BCUT2D eigenvalue weighted by atomic mass is 19.4. The van der Waals surface area contributed by atoms with Crippen molar-refractivity contribution in [3.63, 3.8) is 0 Å². The van der Waals surface area contributed by atoms with E-state index >= 15 is 0 Å². The van der Waals surface area contributed by atoms with E-state index < -0.39 is 29.7 Å². The third-order valence-corrected chi connectivity index (χ3v) is 4.48. The number of alkyl halides is 3. The molecule has 0 saturated heterocycles. The molecule has 0 fully saturated rings. The minimum Gasteiger partial charge on any atom is -0.406 e. The van der Waals surface area contributed by atoms with Gasteiger partial charge in [0.05, 0.1) is 23.5 Å². The molecule has 3 aromatic rings. The number of halogens is 3. The van der Waals surface area contributed by atoms with Gasteiger partial charge in [0.25, 0.3) is 5.91 Å². The lowest BCUT2D eigenvalue weighted by Crippen LogP contribution is -2.42. The molecule has 3 rings (SSSR count). The highest BCUT2D eigenvalue weighted by molar-refractivity contribution is 6.00. The third kappa shape index (κ3) is 5.21. The zero-order chi connectivity index (χ0) is 23.0. The first-order valence-electron chi connectivity index (χ1n) is 9.24. The van der Waals surface area contributed by atoms with Gasteiger partial charge in [-0.3, -0.25) is 4.79 Å². The van der Waals surface area contributed by atoms with Gasteiger partial charge in [0.1, 0.15) is 11.3 Å². The van der Waals surface area contributed by atoms with Gasteiger partial charge in [-0.2, -0.15) is 5.10 Å². The number of carbonyl (C=O) groups excluding carboxylic acids is 1. The van der Waals surface area contributed by atoms with Crippen LogP contribution in [-0.2, 0) is 0 Å². The number of nitrogens with one attached hydrogen (secondary N) is 1. The Balaban J connectivity index is 1.90. The monoisotopic (exact) mass is 434 g/mol. The number of hydrogen-bond donors (Lipinski definition) is 2. The van der Waals surface area contributed by atoms with E-state index in [2.05, 4.69) is 26.7 Å². The summed E-state index contributed by atoms with van der Waals surface area (Å²) in [4.78, 5) is 17.4. The Morgan fingerprint density at radius 1 is 1.23 bits per heavy atom. The number of allylic oxidation sites excluding steroid dienone is 1. The quantitative estimate of drug-likeness (QED) is 0.614. The maximum Gasteiger partial charge on any atom is 0.573 e. The van der Waals surface area contributed by atoms with Gasteiger partial charge in [-0.15, -0.1) is 13.2 Å². The van der Waals surface area contributed by atoms with Crippen molar-refractivity contribution in [1.82, 2.24) is 19.9 Å². The number of aliphatic hydroxyl groups is 1. The smallest absolute Gasteiger partial charge is 0.406 e. The molecule has 1 atom stereocenters. The molecule has 0 spiro atoms. The highest BCUT2D eigenvalue weighted by Gasteiger charge is 2.33. The van der Waals surface area contributed by atoms with E-state index in [4.69, 9.17) is 0 Å². The Morgan fingerprint density at radius 2 is 1.87 bits per heavy atom. The molecule has 0 aliphatic heterocycles. The summed E-state index contributed by atoms with van der Waals surface area (Å²) in [5.74, 6) is -0.958. The van der Waals surface area contributed by atoms with Crippen LogP contribution in [0.5, 0.6) is 5.75 Å². The summed E-state index contributed by atoms with van der Waals surface area (Å²) < 4.78 is 42.5. The molecule has 0 bridgehead atoms. The van der Waals surface area contributed by atoms with Crippen LogP contribution in [-0.4, -0.2) is 37.6 Å². The Bertz CT molecular complexity index is 1120. The lowest BCUT2D eigenvalue weighted by Gasteiger charge is -2.30. The molecule has 0 saturated carbocycles. The van der Waals surface area contributed by atoms with Gasteiger partial charge in [0.2, 0.25) is 0 Å². The molecule has 1 amide bonds. The van der Waals surface area contributed by atoms with Crippen molar-refractivity contribution in [2.45, 2.75) is 38.8 Å². The maximum absolute atomic E-state index is 13.0. The Labute approximate surface area is 176 Å². The maximum atomic E-state index is 13.0. The van der Waals surface area contributed by atoms with E-state index in [0.29, 0.717) is 22.5 Å². The van der Waals surface area contributed by atoms with Gasteiger partial charge in [0, 0.05) is 6.20 Å². The predicted octanol–water partition coefficient (Wildman–Crippen LogP) is 3.90. The molecular formula is C21H21F3N4O3. The van der Waals surface area contributed by atoms with Gasteiger partial charge in [0.15, 0.2) is 5.65 Å².